The van der Waals surface area contributed by atoms with Crippen molar-refractivity contribution in [3.63, 3.8) is 0 Å². The second-order valence-corrected chi connectivity index (χ2v) is 6.91. The number of nitrogens with zero attached hydrogens (tertiary/aromatic N) is 3. The predicted octanol–water partition coefficient (Wildman–Crippen LogP) is 4.92. The van der Waals surface area contributed by atoms with Crippen LogP contribution in [0, 0.1) is 0 Å². The number of anilines is 3. The van der Waals surface area contributed by atoms with Crippen LogP contribution in [0.25, 0.3) is 0 Å². The fraction of sp³-hybridized carbons (Fsp3) is 0.250. The molecule has 0 atom stereocenters. The molecule has 0 saturated carbocycles. The summed E-state index contributed by atoms with van der Waals surface area (Å²) in [6.45, 7) is -1.44. The number of benzene rings is 2. The van der Waals surface area contributed by atoms with Crippen LogP contribution in [-0.2, 0) is 12.7 Å². The molecule has 2 heterocycles. The highest BCUT2D eigenvalue weighted by atomic mass is 19.4. The largest absolute Gasteiger partial charge is 0.454 e. The molecule has 0 bridgehead atoms. The molecule has 180 valence electrons. The summed E-state index contributed by atoms with van der Waals surface area (Å²) >= 11 is 0. The van der Waals surface area contributed by atoms with E-state index in [9.17, 15) is 26.3 Å². The van der Waals surface area contributed by atoms with Gasteiger partial charge in [-0.15, -0.1) is 0 Å². The first-order chi connectivity index (χ1) is 16.0. The van der Waals surface area contributed by atoms with Crippen LogP contribution >= 0.6 is 0 Å². The predicted molar refractivity (Wildman–Crippen MR) is 106 cm³/mol. The fourth-order valence-electron chi connectivity index (χ4n) is 2.84. The number of fused-ring (bicyclic) bond motifs is 1. The molecule has 1 aromatic heterocycles. The second-order valence-electron chi connectivity index (χ2n) is 6.91. The van der Waals surface area contributed by atoms with Gasteiger partial charge in [-0.05, 0) is 35.9 Å². The Morgan fingerprint density at radius 1 is 0.882 bits per heavy atom. The van der Waals surface area contributed by atoms with E-state index in [1.165, 1.54) is 6.07 Å². The van der Waals surface area contributed by atoms with Gasteiger partial charge in [-0.1, -0.05) is 12.1 Å². The summed E-state index contributed by atoms with van der Waals surface area (Å²) in [7, 11) is 0. The molecule has 0 fully saturated rings. The topological polar surface area (TPSA) is 90.4 Å². The van der Waals surface area contributed by atoms with E-state index in [2.05, 4.69) is 30.3 Å². The Labute approximate surface area is 187 Å². The number of ether oxygens (including phenoxy) is 3. The molecule has 0 amide bonds. The van der Waals surface area contributed by atoms with E-state index in [1.807, 2.05) is 0 Å². The molecular formula is C20H15F6N5O3. The van der Waals surface area contributed by atoms with Crippen LogP contribution in [-0.4, -0.2) is 34.5 Å². The zero-order chi connectivity index (χ0) is 24.3. The van der Waals surface area contributed by atoms with Crippen molar-refractivity contribution in [2.45, 2.75) is 18.9 Å². The van der Waals surface area contributed by atoms with Gasteiger partial charge >= 0.3 is 18.4 Å². The van der Waals surface area contributed by atoms with Gasteiger partial charge in [-0.25, -0.2) is 0 Å². The Hall–Kier alpha value is -3.97. The van der Waals surface area contributed by atoms with E-state index < -0.39 is 30.5 Å². The lowest BCUT2D eigenvalue weighted by Gasteiger charge is -2.13. The molecule has 1 aliphatic rings. The minimum Gasteiger partial charge on any atom is -0.454 e. The highest BCUT2D eigenvalue weighted by Gasteiger charge is 2.31. The number of nitrogens with one attached hydrogen (secondary N) is 2. The lowest BCUT2D eigenvalue weighted by atomic mass is 10.2. The Morgan fingerprint density at radius 2 is 1.65 bits per heavy atom. The summed E-state index contributed by atoms with van der Waals surface area (Å²) in [5.74, 6) is 0.606. The van der Waals surface area contributed by atoms with Crippen molar-refractivity contribution >= 4 is 17.6 Å². The minimum absolute atomic E-state index is 0.0375. The molecule has 0 spiro atoms. The molecule has 34 heavy (non-hydrogen) atoms. The first-order valence-corrected chi connectivity index (χ1v) is 9.57. The van der Waals surface area contributed by atoms with Crippen molar-refractivity contribution in [3.05, 3.63) is 53.6 Å². The minimum atomic E-state index is -4.65. The molecule has 0 aliphatic carbocycles. The summed E-state index contributed by atoms with van der Waals surface area (Å²) < 4.78 is 91.7. The molecule has 14 heteroatoms. The first kappa shape index (κ1) is 23.2. The van der Waals surface area contributed by atoms with E-state index in [1.54, 1.807) is 18.2 Å². The van der Waals surface area contributed by atoms with Gasteiger partial charge in [0.1, 0.15) is 0 Å². The smallest absolute Gasteiger partial charge is 0.422 e. The summed E-state index contributed by atoms with van der Waals surface area (Å²) in [6, 6.07) is 8.58. The van der Waals surface area contributed by atoms with Gasteiger partial charge in [-0.3, -0.25) is 0 Å². The zero-order valence-electron chi connectivity index (χ0n) is 17.0. The summed E-state index contributed by atoms with van der Waals surface area (Å²) in [5, 5.41) is 5.34. The third kappa shape index (κ3) is 6.08. The van der Waals surface area contributed by atoms with Crippen LogP contribution in [0.5, 0.6) is 17.5 Å². The van der Waals surface area contributed by atoms with Gasteiger partial charge in [0.15, 0.2) is 18.1 Å². The number of hydrogen-bond acceptors (Lipinski definition) is 8. The van der Waals surface area contributed by atoms with Crippen LogP contribution in [0.1, 0.15) is 11.1 Å². The second kappa shape index (κ2) is 9.11. The van der Waals surface area contributed by atoms with Crippen LogP contribution in [0.2, 0.25) is 0 Å². The summed E-state index contributed by atoms with van der Waals surface area (Å²) in [5.41, 5.74) is -0.249. The maximum atomic E-state index is 13.0. The Balaban J connectivity index is 1.55. The molecule has 2 aromatic carbocycles. The maximum absolute atomic E-state index is 13.0. The normalized spacial score (nSPS) is 13.0. The number of halogens is 6. The molecule has 3 aromatic rings. The van der Waals surface area contributed by atoms with Gasteiger partial charge < -0.3 is 24.8 Å². The molecule has 0 unspecified atom stereocenters. The van der Waals surface area contributed by atoms with E-state index in [0.29, 0.717) is 11.5 Å². The molecule has 0 saturated heterocycles. The van der Waals surface area contributed by atoms with Crippen LogP contribution < -0.4 is 24.8 Å². The van der Waals surface area contributed by atoms with Gasteiger partial charge in [0.05, 0.1) is 5.56 Å². The molecule has 4 rings (SSSR count). The van der Waals surface area contributed by atoms with Gasteiger partial charge in [0.2, 0.25) is 18.7 Å². The Bertz CT molecular complexity index is 1170. The molecule has 0 radical (unpaired) electrons. The lowest BCUT2D eigenvalue weighted by Crippen LogP contribution is -2.21. The average Bonchev–Trinajstić information content (AvgIpc) is 3.23. The third-order valence-electron chi connectivity index (χ3n) is 4.31. The van der Waals surface area contributed by atoms with Crippen molar-refractivity contribution < 1.29 is 40.6 Å². The van der Waals surface area contributed by atoms with Crippen molar-refractivity contribution in [1.82, 2.24) is 15.0 Å². The van der Waals surface area contributed by atoms with Crippen LogP contribution in [0.15, 0.2) is 42.5 Å². The molecule has 8 nitrogen and oxygen atoms in total. The molecule has 1 aliphatic heterocycles. The highest BCUT2D eigenvalue weighted by Crippen LogP contribution is 2.33. The third-order valence-corrected chi connectivity index (χ3v) is 4.31. The Kier molecular flexibility index (Phi) is 6.22. The number of aromatic nitrogens is 3. The monoisotopic (exact) mass is 487 g/mol. The van der Waals surface area contributed by atoms with E-state index in [4.69, 9.17) is 9.47 Å². The Morgan fingerprint density at radius 3 is 2.41 bits per heavy atom. The van der Waals surface area contributed by atoms with Crippen LogP contribution in [0.3, 0.4) is 0 Å². The van der Waals surface area contributed by atoms with Gasteiger partial charge in [-0.2, -0.15) is 41.3 Å². The van der Waals surface area contributed by atoms with Gasteiger partial charge in [0.25, 0.3) is 0 Å². The highest BCUT2D eigenvalue weighted by molar-refractivity contribution is 5.56. The first-order valence-electron chi connectivity index (χ1n) is 9.57. The number of rotatable bonds is 7. The van der Waals surface area contributed by atoms with Crippen molar-refractivity contribution in [1.29, 1.82) is 0 Å². The average molecular weight is 487 g/mol. The molecule has 2 N–H and O–H groups in total. The van der Waals surface area contributed by atoms with Crippen molar-refractivity contribution in [3.8, 4) is 17.5 Å². The maximum Gasteiger partial charge on any atom is 0.422 e. The van der Waals surface area contributed by atoms with Crippen LogP contribution in [0.4, 0.5) is 43.9 Å². The van der Waals surface area contributed by atoms with E-state index in [0.717, 1.165) is 23.8 Å². The SMILES string of the molecule is FC(F)(F)COc1nc(NCc2ccc3c(c2)OCO3)nc(Nc2cccc(C(F)(F)F)c2)n1. The van der Waals surface area contributed by atoms with Crippen molar-refractivity contribution in [2.24, 2.45) is 0 Å². The molecular weight excluding hydrogens is 472 g/mol. The van der Waals surface area contributed by atoms with Gasteiger partial charge in [0, 0.05) is 12.2 Å². The summed E-state index contributed by atoms with van der Waals surface area (Å²) in [6.07, 6.45) is -9.24. The quantitative estimate of drug-likeness (QED) is 0.454. The summed E-state index contributed by atoms with van der Waals surface area (Å²) in [4.78, 5) is 11.5. The number of hydrogen-bond donors (Lipinski definition) is 2. The fourth-order valence-corrected chi connectivity index (χ4v) is 2.84. The lowest BCUT2D eigenvalue weighted by molar-refractivity contribution is -0.154. The van der Waals surface area contributed by atoms with E-state index in [-0.39, 0.29) is 30.9 Å². The standard InChI is InChI=1S/C20H15F6N5O3/c21-19(22,23)9-32-18-30-16(27-8-11-4-5-14-15(6-11)34-10-33-14)29-17(31-18)28-13-3-1-2-12(7-13)20(24,25)26/h1-7H,8-10H2,(H2,27,28,29,30,31). The zero-order valence-corrected chi connectivity index (χ0v) is 17.0. The number of alkyl halides is 6. The van der Waals surface area contributed by atoms with Crippen molar-refractivity contribution in [2.75, 3.05) is 24.0 Å². The van der Waals surface area contributed by atoms with E-state index >= 15 is 0 Å².